The molecule has 4 heteroatoms. The number of halogens is 2. The van der Waals surface area contributed by atoms with Gasteiger partial charge >= 0.3 is 5.97 Å². The molecule has 3 rings (SSSR count). The van der Waals surface area contributed by atoms with Crippen LogP contribution in [0.1, 0.15) is 15.9 Å². The molecular weight excluding hydrogens is 384 g/mol. The van der Waals surface area contributed by atoms with Crippen LogP contribution in [0.15, 0.2) is 45.3 Å². The van der Waals surface area contributed by atoms with E-state index in [2.05, 4.69) is 31.9 Å². The number of fused-ring (bicyclic) bond motifs is 3. The number of hydrogen-bond donors (Lipinski definition) is 1. The Balaban J connectivity index is 2.64. The zero-order valence-corrected chi connectivity index (χ0v) is 13.7. The van der Waals surface area contributed by atoms with Crippen LogP contribution in [0.3, 0.4) is 0 Å². The summed E-state index contributed by atoms with van der Waals surface area (Å²) in [6.07, 6.45) is 0. The van der Waals surface area contributed by atoms with Crippen LogP contribution in [0.5, 0.6) is 0 Å². The molecule has 0 aliphatic carbocycles. The van der Waals surface area contributed by atoms with Gasteiger partial charge in [-0.2, -0.15) is 0 Å². The van der Waals surface area contributed by atoms with E-state index in [0.29, 0.717) is 5.56 Å². The van der Waals surface area contributed by atoms with E-state index < -0.39 is 5.97 Å². The second-order valence-corrected chi connectivity index (χ2v) is 6.52. The first-order chi connectivity index (χ1) is 9.49. The summed E-state index contributed by atoms with van der Waals surface area (Å²) in [6.45, 7) is 1.86. The number of carbonyl (C=O) groups is 1. The van der Waals surface area contributed by atoms with Crippen molar-refractivity contribution in [2.24, 2.45) is 0 Å². The lowest BCUT2D eigenvalue weighted by Crippen LogP contribution is -2.02. The number of carboxylic acids is 1. The van der Waals surface area contributed by atoms with Gasteiger partial charge in [0.15, 0.2) is 0 Å². The molecule has 3 aromatic rings. The molecule has 0 aliphatic rings. The molecule has 3 aromatic carbocycles. The van der Waals surface area contributed by atoms with Gasteiger partial charge in [0.1, 0.15) is 0 Å². The first kappa shape index (κ1) is 13.6. The van der Waals surface area contributed by atoms with Crippen molar-refractivity contribution in [3.63, 3.8) is 0 Å². The van der Waals surface area contributed by atoms with Crippen LogP contribution in [-0.4, -0.2) is 11.1 Å². The lowest BCUT2D eigenvalue weighted by Gasteiger charge is -2.12. The van der Waals surface area contributed by atoms with Crippen LogP contribution in [0, 0.1) is 6.92 Å². The molecule has 2 nitrogen and oxygen atoms in total. The lowest BCUT2D eigenvalue weighted by molar-refractivity contribution is 0.0698. The minimum absolute atomic E-state index is 0.368. The summed E-state index contributed by atoms with van der Waals surface area (Å²) in [5, 5.41) is 13.3. The molecule has 0 amide bonds. The fourth-order valence-electron chi connectivity index (χ4n) is 2.63. The maximum Gasteiger partial charge on any atom is 0.336 e. The maximum atomic E-state index is 11.6. The Morgan fingerprint density at radius 3 is 1.95 bits per heavy atom. The number of carboxylic acid groups (broad SMARTS) is 1. The lowest BCUT2D eigenvalue weighted by atomic mass is 9.92. The fourth-order valence-corrected chi connectivity index (χ4v) is 3.35. The summed E-state index contributed by atoms with van der Waals surface area (Å²) in [7, 11) is 0. The van der Waals surface area contributed by atoms with Gasteiger partial charge in [-0.15, -0.1) is 0 Å². The smallest absolute Gasteiger partial charge is 0.336 e. The van der Waals surface area contributed by atoms with Crippen molar-refractivity contribution in [1.82, 2.24) is 0 Å². The molecule has 0 radical (unpaired) electrons. The third-order valence-corrected chi connectivity index (χ3v) is 4.50. The second kappa shape index (κ2) is 4.86. The van der Waals surface area contributed by atoms with Gasteiger partial charge < -0.3 is 5.11 Å². The Morgan fingerprint density at radius 2 is 1.40 bits per heavy atom. The number of benzene rings is 3. The molecule has 0 saturated heterocycles. The first-order valence-electron chi connectivity index (χ1n) is 6.03. The predicted octanol–water partition coefficient (Wildman–Crippen LogP) is 5.52. The van der Waals surface area contributed by atoms with Crippen molar-refractivity contribution in [1.29, 1.82) is 0 Å². The highest BCUT2D eigenvalue weighted by atomic mass is 79.9. The van der Waals surface area contributed by atoms with E-state index in [1.807, 2.05) is 43.3 Å². The van der Waals surface area contributed by atoms with Gasteiger partial charge in [-0.25, -0.2) is 4.79 Å². The average molecular weight is 394 g/mol. The van der Waals surface area contributed by atoms with Crippen LogP contribution in [0.4, 0.5) is 0 Å². The van der Waals surface area contributed by atoms with Gasteiger partial charge in [0.05, 0.1) is 5.56 Å². The summed E-state index contributed by atoms with van der Waals surface area (Å²) in [5.74, 6) is -0.896. The fraction of sp³-hybridized carbons (Fsp3) is 0.0625. The maximum absolute atomic E-state index is 11.6. The Labute approximate surface area is 132 Å². The van der Waals surface area contributed by atoms with Crippen molar-refractivity contribution >= 4 is 59.4 Å². The van der Waals surface area contributed by atoms with Gasteiger partial charge in [0.2, 0.25) is 0 Å². The minimum Gasteiger partial charge on any atom is -0.478 e. The van der Waals surface area contributed by atoms with E-state index in [-0.39, 0.29) is 0 Å². The highest BCUT2D eigenvalue weighted by Crippen LogP contribution is 2.35. The number of aromatic carboxylic acids is 1. The third-order valence-electron chi connectivity index (χ3n) is 3.52. The summed E-state index contributed by atoms with van der Waals surface area (Å²) >= 11 is 6.86. The molecule has 0 heterocycles. The molecule has 0 unspecified atom stereocenters. The SMILES string of the molecule is Cc1c(C(=O)O)c2cc(Br)ccc2c2ccc(Br)cc12. The summed E-state index contributed by atoms with van der Waals surface area (Å²) in [6, 6.07) is 11.7. The largest absolute Gasteiger partial charge is 0.478 e. The van der Waals surface area contributed by atoms with Crippen LogP contribution >= 0.6 is 31.9 Å². The van der Waals surface area contributed by atoms with Crippen LogP contribution in [-0.2, 0) is 0 Å². The quantitative estimate of drug-likeness (QED) is 0.552. The zero-order valence-electron chi connectivity index (χ0n) is 10.6. The van der Waals surface area contributed by atoms with Gasteiger partial charge in [-0.05, 0) is 58.3 Å². The molecule has 20 heavy (non-hydrogen) atoms. The number of aryl methyl sites for hydroxylation is 1. The van der Waals surface area contributed by atoms with Gasteiger partial charge in [-0.1, -0.05) is 44.0 Å². The summed E-state index contributed by atoms with van der Waals surface area (Å²) in [4.78, 5) is 11.6. The molecule has 100 valence electrons. The van der Waals surface area contributed by atoms with Crippen LogP contribution < -0.4 is 0 Å². The topological polar surface area (TPSA) is 37.3 Å². The molecule has 0 aromatic heterocycles. The highest BCUT2D eigenvalue weighted by molar-refractivity contribution is 9.10. The van der Waals surface area contributed by atoms with Crippen molar-refractivity contribution in [2.75, 3.05) is 0 Å². The van der Waals surface area contributed by atoms with E-state index >= 15 is 0 Å². The predicted molar refractivity (Wildman–Crippen MR) is 88.6 cm³/mol. The van der Waals surface area contributed by atoms with E-state index in [4.69, 9.17) is 0 Å². The van der Waals surface area contributed by atoms with Gasteiger partial charge in [0, 0.05) is 8.95 Å². The van der Waals surface area contributed by atoms with E-state index in [0.717, 1.165) is 36.1 Å². The Kier molecular flexibility index (Phi) is 3.30. The zero-order chi connectivity index (χ0) is 14.4. The average Bonchev–Trinajstić information content (AvgIpc) is 2.38. The Morgan fingerprint density at radius 1 is 0.900 bits per heavy atom. The van der Waals surface area contributed by atoms with Crippen LogP contribution in [0.2, 0.25) is 0 Å². The molecule has 1 N–H and O–H groups in total. The van der Waals surface area contributed by atoms with Crippen molar-refractivity contribution in [2.45, 2.75) is 6.92 Å². The molecule has 0 spiro atoms. The molecule has 0 atom stereocenters. The first-order valence-corrected chi connectivity index (χ1v) is 7.62. The van der Waals surface area contributed by atoms with Crippen LogP contribution in [0.25, 0.3) is 21.5 Å². The van der Waals surface area contributed by atoms with Gasteiger partial charge in [0.25, 0.3) is 0 Å². The van der Waals surface area contributed by atoms with E-state index in [1.54, 1.807) is 0 Å². The van der Waals surface area contributed by atoms with Crippen molar-refractivity contribution in [3.8, 4) is 0 Å². The number of hydrogen-bond acceptors (Lipinski definition) is 1. The van der Waals surface area contributed by atoms with Gasteiger partial charge in [-0.3, -0.25) is 0 Å². The summed E-state index contributed by atoms with van der Waals surface area (Å²) < 4.78 is 1.82. The van der Waals surface area contributed by atoms with E-state index in [9.17, 15) is 9.90 Å². The van der Waals surface area contributed by atoms with E-state index in [1.165, 1.54) is 0 Å². The monoisotopic (exact) mass is 392 g/mol. The molecule has 0 fully saturated rings. The number of rotatable bonds is 1. The molecule has 0 aliphatic heterocycles. The molecule has 0 saturated carbocycles. The minimum atomic E-state index is -0.896. The Hall–Kier alpha value is -1.39. The Bertz CT molecular complexity index is 869. The highest BCUT2D eigenvalue weighted by Gasteiger charge is 2.17. The third kappa shape index (κ3) is 2.03. The summed E-state index contributed by atoms with van der Waals surface area (Å²) in [5.41, 5.74) is 1.16. The van der Waals surface area contributed by atoms with Crippen molar-refractivity contribution < 1.29 is 9.90 Å². The normalized spacial score (nSPS) is 11.2. The molecule has 0 bridgehead atoms. The van der Waals surface area contributed by atoms with Crippen molar-refractivity contribution in [3.05, 3.63) is 56.5 Å². The standard InChI is InChI=1S/C16H10Br2O2/c1-8-13-6-9(17)2-4-11(13)12-5-3-10(18)7-14(12)15(8)16(19)20/h2-7H,1H3,(H,19,20). The molecular formula is C16H10Br2O2. The second-order valence-electron chi connectivity index (χ2n) is 4.68.